The topological polar surface area (TPSA) is 117 Å². The van der Waals surface area contributed by atoms with E-state index in [0.717, 1.165) is 4.90 Å². The third kappa shape index (κ3) is 4.63. The summed E-state index contributed by atoms with van der Waals surface area (Å²) in [7, 11) is 3.13. The Morgan fingerprint density at radius 2 is 1.94 bits per heavy atom. The van der Waals surface area contributed by atoms with Crippen LogP contribution in [-0.2, 0) is 9.59 Å². The van der Waals surface area contributed by atoms with Gasteiger partial charge in [-0.2, -0.15) is 0 Å². The summed E-state index contributed by atoms with van der Waals surface area (Å²) in [6.45, 7) is 3.59. The van der Waals surface area contributed by atoms with Gasteiger partial charge >= 0.3 is 18.9 Å². The number of benzene rings is 1. The van der Waals surface area contributed by atoms with Crippen molar-refractivity contribution in [3.63, 3.8) is 0 Å². The molecule has 0 saturated carbocycles. The van der Waals surface area contributed by atoms with Gasteiger partial charge in [-0.1, -0.05) is 19.0 Å². The summed E-state index contributed by atoms with van der Waals surface area (Å²) in [4.78, 5) is 40.2. The fraction of sp³-hybridized carbons (Fsp3) is 0.286. The molecule has 9 nitrogen and oxygen atoms in total. The molecular weight excluding hydrogens is 395 g/mol. The summed E-state index contributed by atoms with van der Waals surface area (Å²) in [6, 6.07) is 7.48. The summed E-state index contributed by atoms with van der Waals surface area (Å²) in [5.41, 5.74) is 0.0619. The zero-order valence-electron chi connectivity index (χ0n) is 18.2. The Balaban J connectivity index is 0.00000341. The summed E-state index contributed by atoms with van der Waals surface area (Å²) in [5.74, 6) is -1.28. The van der Waals surface area contributed by atoms with Crippen LogP contribution in [0.1, 0.15) is 36.0 Å². The molecule has 0 radical (unpaired) electrons. The molecule has 1 aliphatic rings. The number of para-hydroxylation sites is 1. The zero-order valence-corrected chi connectivity index (χ0v) is 18.2. The van der Waals surface area contributed by atoms with E-state index in [0.29, 0.717) is 5.76 Å². The number of amides is 3. The van der Waals surface area contributed by atoms with Gasteiger partial charge in [-0.25, -0.2) is 0 Å². The second-order valence-corrected chi connectivity index (χ2v) is 6.92. The maximum absolute atomic E-state index is 12.8. The summed E-state index contributed by atoms with van der Waals surface area (Å²) >= 11 is 0. The smallest absolute Gasteiger partial charge is 0.669 e. The van der Waals surface area contributed by atoms with Crippen molar-refractivity contribution in [2.24, 2.45) is 0 Å². The normalized spacial score (nSPS) is 14.4. The molecule has 1 aliphatic heterocycles. The molecule has 3 amide bonds. The number of carbonyl (C=O) groups is 3. The Bertz CT molecular complexity index is 1020. The van der Waals surface area contributed by atoms with Gasteiger partial charge in [0.25, 0.3) is 11.8 Å². The van der Waals surface area contributed by atoms with Crippen LogP contribution in [0.2, 0.25) is 0 Å². The Labute approximate surface area is 192 Å². The number of nitrogens with zero attached hydrogens (tertiary/aromatic N) is 3. The van der Waals surface area contributed by atoms with Crippen molar-refractivity contribution in [2.75, 3.05) is 26.0 Å². The molecular formula is C21H23LiN4O5. The number of hydrogen-bond donors (Lipinski definition) is 2. The fourth-order valence-electron chi connectivity index (χ4n) is 3.06. The summed E-state index contributed by atoms with van der Waals surface area (Å²) < 4.78 is 5.33. The summed E-state index contributed by atoms with van der Waals surface area (Å²) in [6.07, 6.45) is 1.50. The van der Waals surface area contributed by atoms with Crippen LogP contribution in [0.25, 0.3) is 5.32 Å². The van der Waals surface area contributed by atoms with Crippen LogP contribution in [0, 0.1) is 0 Å². The third-order valence-electron chi connectivity index (χ3n) is 4.67. The maximum atomic E-state index is 12.8. The molecule has 0 saturated heterocycles. The van der Waals surface area contributed by atoms with Gasteiger partial charge in [-0.3, -0.25) is 19.3 Å². The number of furan rings is 1. The number of aromatic hydroxyl groups is 1. The SMILES string of the molecule is CCN1C(=O)C([N-]C(C)c2ccco2)=C(Nc2cccc(C(=O)N(C)C)c2O)C1=O.[Li+]. The molecule has 0 fully saturated rings. The van der Waals surface area contributed by atoms with Crippen LogP contribution < -0.4 is 24.2 Å². The van der Waals surface area contributed by atoms with Crippen LogP contribution in [0.4, 0.5) is 5.69 Å². The number of nitrogens with one attached hydrogen (secondary N) is 1. The molecule has 0 spiro atoms. The van der Waals surface area contributed by atoms with Crippen LogP contribution in [-0.4, -0.2) is 53.3 Å². The number of phenols is 1. The molecule has 1 aromatic heterocycles. The van der Waals surface area contributed by atoms with E-state index in [1.165, 1.54) is 23.3 Å². The standard InChI is InChI=1S/C21H24N4O5.Li/c1-5-25-20(28)16(22-12(2)15-10-7-11-30-15)17(21(25)29)23-14-9-6-8-13(18(14)26)19(27)24(3)4;/h6-12H,5H2,1-4H3,(H3,22,23,26,27,28,29);/q;+1/p-1. The molecule has 2 heterocycles. The Kier molecular flexibility index (Phi) is 7.60. The Hall–Kier alpha value is -3.15. The number of anilines is 1. The number of imide groups is 1. The van der Waals surface area contributed by atoms with Gasteiger partial charge in [-0.05, 0) is 36.9 Å². The van der Waals surface area contributed by atoms with Gasteiger partial charge < -0.3 is 25.1 Å². The van der Waals surface area contributed by atoms with Crippen molar-refractivity contribution in [1.82, 2.24) is 9.80 Å². The van der Waals surface area contributed by atoms with Crippen molar-refractivity contribution in [2.45, 2.75) is 19.9 Å². The van der Waals surface area contributed by atoms with Crippen molar-refractivity contribution in [3.05, 3.63) is 64.6 Å². The van der Waals surface area contributed by atoms with Gasteiger partial charge in [-0.15, -0.1) is 0 Å². The van der Waals surface area contributed by atoms with Crippen molar-refractivity contribution >= 4 is 23.4 Å². The molecule has 10 heteroatoms. The van der Waals surface area contributed by atoms with E-state index in [4.69, 9.17) is 4.42 Å². The van der Waals surface area contributed by atoms with E-state index in [2.05, 4.69) is 10.6 Å². The van der Waals surface area contributed by atoms with E-state index in [1.54, 1.807) is 46.1 Å². The van der Waals surface area contributed by atoms with Crippen LogP contribution >= 0.6 is 0 Å². The van der Waals surface area contributed by atoms with Crippen molar-refractivity contribution in [3.8, 4) is 5.75 Å². The number of hydrogen-bond acceptors (Lipinski definition) is 6. The molecule has 31 heavy (non-hydrogen) atoms. The molecule has 158 valence electrons. The van der Waals surface area contributed by atoms with E-state index < -0.39 is 23.8 Å². The van der Waals surface area contributed by atoms with E-state index >= 15 is 0 Å². The van der Waals surface area contributed by atoms with Crippen LogP contribution in [0.15, 0.2) is 52.4 Å². The Morgan fingerprint density at radius 3 is 2.52 bits per heavy atom. The first-order valence-electron chi connectivity index (χ1n) is 9.41. The molecule has 3 rings (SSSR count). The second-order valence-electron chi connectivity index (χ2n) is 6.92. The molecule has 2 N–H and O–H groups in total. The van der Waals surface area contributed by atoms with Crippen LogP contribution in [0.5, 0.6) is 5.75 Å². The minimum Gasteiger partial charge on any atom is -0.669 e. The second kappa shape index (κ2) is 9.77. The molecule has 1 aromatic carbocycles. The van der Waals surface area contributed by atoms with Crippen LogP contribution in [0.3, 0.4) is 0 Å². The predicted octanol–water partition coefficient (Wildman–Crippen LogP) is -0.162. The first-order valence-corrected chi connectivity index (χ1v) is 9.41. The quantitative estimate of drug-likeness (QED) is 0.367. The van der Waals surface area contributed by atoms with Gasteiger partial charge in [0.1, 0.15) is 0 Å². The predicted molar refractivity (Wildman–Crippen MR) is 110 cm³/mol. The average molecular weight is 418 g/mol. The Morgan fingerprint density at radius 1 is 1.23 bits per heavy atom. The molecule has 2 aromatic rings. The van der Waals surface area contributed by atoms with Crippen molar-refractivity contribution in [1.29, 1.82) is 0 Å². The minimum atomic E-state index is -0.559. The molecule has 0 aliphatic carbocycles. The number of rotatable bonds is 7. The number of carbonyl (C=O) groups excluding carboxylic acids is 3. The first kappa shape index (κ1) is 24.1. The van der Waals surface area contributed by atoms with Gasteiger partial charge in [0.2, 0.25) is 5.91 Å². The first-order chi connectivity index (χ1) is 14.3. The van der Waals surface area contributed by atoms with Gasteiger partial charge in [0.15, 0.2) is 5.75 Å². The van der Waals surface area contributed by atoms with Crippen molar-refractivity contribution < 1.29 is 42.8 Å². The van der Waals surface area contributed by atoms with Gasteiger partial charge in [0, 0.05) is 20.6 Å². The molecule has 1 atom stereocenters. The largest absolute Gasteiger partial charge is 1.00 e. The summed E-state index contributed by atoms with van der Waals surface area (Å²) in [5, 5.41) is 17.8. The third-order valence-corrected chi connectivity index (χ3v) is 4.67. The minimum absolute atomic E-state index is 0. The maximum Gasteiger partial charge on any atom is 1.00 e. The fourth-order valence-corrected chi connectivity index (χ4v) is 3.06. The van der Waals surface area contributed by atoms with E-state index in [9.17, 15) is 19.5 Å². The van der Waals surface area contributed by atoms with E-state index in [1.807, 2.05) is 0 Å². The zero-order chi connectivity index (χ0) is 22.0. The average Bonchev–Trinajstić information content (AvgIpc) is 3.32. The van der Waals surface area contributed by atoms with E-state index in [-0.39, 0.29) is 53.8 Å². The number of phenolic OH excluding ortho intramolecular Hbond substituents is 1. The molecule has 0 bridgehead atoms. The molecule has 1 unspecified atom stereocenters. The number of likely N-dealkylation sites (N-methyl/N-ethyl adjacent to an activating group) is 1. The van der Waals surface area contributed by atoms with Gasteiger partial charge in [0.05, 0.1) is 29.0 Å². The monoisotopic (exact) mass is 418 g/mol.